The van der Waals surface area contributed by atoms with Crippen LogP contribution in [0.2, 0.25) is 0 Å². The normalized spacial score (nSPS) is 12.4. The van der Waals surface area contributed by atoms with Gasteiger partial charge in [0.25, 0.3) is 0 Å². The molecule has 1 unspecified atom stereocenters. The highest BCUT2D eigenvalue weighted by Crippen LogP contribution is 2.23. The van der Waals surface area contributed by atoms with Crippen LogP contribution >= 0.6 is 0 Å². The number of nitrogen functional groups attached to an aromatic ring is 1. The van der Waals surface area contributed by atoms with E-state index < -0.39 is 0 Å². The Hall–Kier alpha value is -1.60. The summed E-state index contributed by atoms with van der Waals surface area (Å²) in [6, 6.07) is 0.124. The van der Waals surface area contributed by atoms with Crippen molar-refractivity contribution in [3.8, 4) is 5.75 Å². The van der Waals surface area contributed by atoms with E-state index in [1.165, 1.54) is 0 Å². The second kappa shape index (κ2) is 10.2. The summed E-state index contributed by atoms with van der Waals surface area (Å²) in [5.74, 6) is 1.29. The molecule has 0 saturated heterocycles. The van der Waals surface area contributed by atoms with Crippen molar-refractivity contribution < 1.29 is 14.6 Å². The van der Waals surface area contributed by atoms with E-state index in [1.807, 2.05) is 13.8 Å². The molecule has 1 aromatic heterocycles. The first-order valence-electron chi connectivity index (χ1n) is 7.81. The molecule has 0 aromatic carbocycles. The van der Waals surface area contributed by atoms with Crippen molar-refractivity contribution in [2.45, 2.75) is 52.2 Å². The molecule has 1 heterocycles. The summed E-state index contributed by atoms with van der Waals surface area (Å²) in [6.45, 7) is 7.08. The molecule has 1 atom stereocenters. The second-order valence-corrected chi connectivity index (χ2v) is 5.35. The van der Waals surface area contributed by atoms with Crippen molar-refractivity contribution in [3.63, 3.8) is 0 Å². The number of hydrogen-bond acceptors (Lipinski definition) is 7. The van der Waals surface area contributed by atoms with Gasteiger partial charge in [-0.2, -0.15) is 4.98 Å². The summed E-state index contributed by atoms with van der Waals surface area (Å²) in [5, 5.41) is 12.4. The molecule has 0 fully saturated rings. The summed E-state index contributed by atoms with van der Waals surface area (Å²) in [5.41, 5.74) is 5.65. The van der Waals surface area contributed by atoms with Crippen molar-refractivity contribution in [1.82, 2.24) is 9.97 Å². The number of nitrogens with two attached hydrogens (primary N) is 1. The first kappa shape index (κ1) is 18.4. The Labute approximate surface area is 132 Å². The van der Waals surface area contributed by atoms with E-state index >= 15 is 0 Å². The molecule has 1 rings (SSSR count). The van der Waals surface area contributed by atoms with Crippen molar-refractivity contribution in [2.75, 3.05) is 30.9 Å². The summed E-state index contributed by atoms with van der Waals surface area (Å²) in [4.78, 5) is 8.16. The van der Waals surface area contributed by atoms with Crippen LogP contribution in [0.5, 0.6) is 5.75 Å². The molecule has 1 aromatic rings. The molecule has 126 valence electrons. The van der Waals surface area contributed by atoms with Crippen LogP contribution in [0, 0.1) is 0 Å². The molecule has 0 radical (unpaired) electrons. The Balaban J connectivity index is 2.68. The summed E-state index contributed by atoms with van der Waals surface area (Å²) >= 11 is 0. The number of ether oxygens (including phenoxy) is 2. The van der Waals surface area contributed by atoms with Crippen LogP contribution in [0.25, 0.3) is 0 Å². The highest BCUT2D eigenvalue weighted by Gasteiger charge is 2.13. The molecule has 22 heavy (non-hydrogen) atoms. The minimum absolute atomic E-state index is 0.122. The SMILES string of the molecule is CCCC(CCO)Nc1nc(N)ncc1OCCOC(C)C. The lowest BCUT2D eigenvalue weighted by Crippen LogP contribution is -2.22. The molecule has 7 nitrogen and oxygen atoms in total. The fourth-order valence-electron chi connectivity index (χ4n) is 2.02. The highest BCUT2D eigenvalue weighted by molar-refractivity contribution is 5.51. The molecule has 0 aliphatic rings. The first-order chi connectivity index (χ1) is 10.6. The second-order valence-electron chi connectivity index (χ2n) is 5.35. The van der Waals surface area contributed by atoms with E-state index in [1.54, 1.807) is 6.20 Å². The monoisotopic (exact) mass is 312 g/mol. The van der Waals surface area contributed by atoms with Crippen LogP contribution in [-0.2, 0) is 4.74 Å². The zero-order valence-electron chi connectivity index (χ0n) is 13.7. The van der Waals surface area contributed by atoms with Crippen molar-refractivity contribution >= 4 is 11.8 Å². The van der Waals surface area contributed by atoms with Crippen LogP contribution < -0.4 is 15.8 Å². The zero-order valence-corrected chi connectivity index (χ0v) is 13.7. The molecule has 0 aliphatic heterocycles. The lowest BCUT2D eigenvalue weighted by Gasteiger charge is -2.20. The summed E-state index contributed by atoms with van der Waals surface area (Å²) in [7, 11) is 0. The molecule has 0 aliphatic carbocycles. The average molecular weight is 312 g/mol. The third-order valence-electron chi connectivity index (χ3n) is 3.02. The molecule has 0 bridgehead atoms. The van der Waals surface area contributed by atoms with Gasteiger partial charge in [0.2, 0.25) is 5.95 Å². The number of aliphatic hydroxyl groups excluding tert-OH is 1. The molecule has 7 heteroatoms. The van der Waals surface area contributed by atoms with E-state index in [4.69, 9.17) is 20.3 Å². The van der Waals surface area contributed by atoms with Gasteiger partial charge in [-0.15, -0.1) is 0 Å². The average Bonchev–Trinajstić information content (AvgIpc) is 2.45. The molecular weight excluding hydrogens is 284 g/mol. The summed E-state index contributed by atoms with van der Waals surface area (Å²) in [6.07, 6.45) is 4.31. The van der Waals surface area contributed by atoms with Crippen molar-refractivity contribution in [2.24, 2.45) is 0 Å². The van der Waals surface area contributed by atoms with E-state index in [-0.39, 0.29) is 24.7 Å². The Morgan fingerprint density at radius 3 is 2.73 bits per heavy atom. The number of nitrogens with zero attached hydrogens (tertiary/aromatic N) is 2. The number of hydrogen-bond donors (Lipinski definition) is 3. The Morgan fingerprint density at radius 1 is 1.32 bits per heavy atom. The van der Waals surface area contributed by atoms with E-state index in [2.05, 4.69) is 22.2 Å². The number of anilines is 2. The quantitative estimate of drug-likeness (QED) is 0.536. The lowest BCUT2D eigenvalue weighted by molar-refractivity contribution is 0.0553. The smallest absolute Gasteiger partial charge is 0.222 e. The van der Waals surface area contributed by atoms with E-state index in [9.17, 15) is 0 Å². The van der Waals surface area contributed by atoms with E-state index in [0.717, 1.165) is 12.8 Å². The number of aliphatic hydroxyl groups is 1. The van der Waals surface area contributed by atoms with Gasteiger partial charge in [0.15, 0.2) is 11.6 Å². The largest absolute Gasteiger partial charge is 0.486 e. The minimum Gasteiger partial charge on any atom is -0.486 e. The lowest BCUT2D eigenvalue weighted by atomic mass is 10.1. The van der Waals surface area contributed by atoms with Gasteiger partial charge in [-0.3, -0.25) is 0 Å². The van der Waals surface area contributed by atoms with Gasteiger partial charge in [0, 0.05) is 12.6 Å². The van der Waals surface area contributed by atoms with Gasteiger partial charge >= 0.3 is 0 Å². The van der Waals surface area contributed by atoms with Gasteiger partial charge in [0.05, 0.1) is 18.9 Å². The predicted molar refractivity (Wildman–Crippen MR) is 87.0 cm³/mol. The molecular formula is C15H28N4O3. The van der Waals surface area contributed by atoms with Gasteiger partial charge in [-0.25, -0.2) is 4.98 Å². The number of rotatable bonds is 11. The van der Waals surface area contributed by atoms with Crippen LogP contribution in [0.3, 0.4) is 0 Å². The number of aromatic nitrogens is 2. The zero-order chi connectivity index (χ0) is 16.4. The molecule has 0 spiro atoms. The van der Waals surface area contributed by atoms with Gasteiger partial charge in [0.1, 0.15) is 6.61 Å². The third kappa shape index (κ3) is 6.91. The van der Waals surface area contributed by atoms with Crippen LogP contribution in [0.4, 0.5) is 11.8 Å². The van der Waals surface area contributed by atoms with Gasteiger partial charge in [-0.05, 0) is 26.7 Å². The maximum absolute atomic E-state index is 9.15. The van der Waals surface area contributed by atoms with Gasteiger partial charge in [-0.1, -0.05) is 13.3 Å². The minimum atomic E-state index is 0.122. The predicted octanol–water partition coefficient (Wildman–Crippen LogP) is 1.83. The van der Waals surface area contributed by atoms with Crippen LogP contribution in [0.15, 0.2) is 6.20 Å². The van der Waals surface area contributed by atoms with Crippen molar-refractivity contribution in [3.05, 3.63) is 6.20 Å². The Morgan fingerprint density at radius 2 is 2.09 bits per heavy atom. The fourth-order valence-corrected chi connectivity index (χ4v) is 2.02. The maximum atomic E-state index is 9.15. The first-order valence-corrected chi connectivity index (χ1v) is 7.81. The molecule has 4 N–H and O–H groups in total. The summed E-state index contributed by atoms with van der Waals surface area (Å²) < 4.78 is 11.1. The highest BCUT2D eigenvalue weighted by atomic mass is 16.5. The third-order valence-corrected chi connectivity index (χ3v) is 3.02. The van der Waals surface area contributed by atoms with Crippen LogP contribution in [-0.4, -0.2) is 47.0 Å². The Bertz CT molecular complexity index is 423. The Kier molecular flexibility index (Phi) is 8.54. The van der Waals surface area contributed by atoms with Gasteiger partial charge < -0.3 is 25.6 Å². The topological polar surface area (TPSA) is 103 Å². The standard InChI is InChI=1S/C15H28N4O3/c1-4-5-12(6-7-20)18-14-13(10-17-15(16)19-14)22-9-8-21-11(2)3/h10-12,20H,4-9H2,1-3H3,(H3,16,17,18,19). The molecule has 0 amide bonds. The van der Waals surface area contributed by atoms with E-state index in [0.29, 0.717) is 31.2 Å². The molecule has 0 saturated carbocycles. The maximum Gasteiger partial charge on any atom is 0.222 e. The van der Waals surface area contributed by atoms with Crippen LogP contribution in [0.1, 0.15) is 40.0 Å². The fraction of sp³-hybridized carbons (Fsp3) is 0.733. The van der Waals surface area contributed by atoms with Crippen molar-refractivity contribution in [1.29, 1.82) is 0 Å². The number of nitrogens with one attached hydrogen (secondary N) is 1.